The standard InChI is InChI=1S/C19H18ClN3O2/c1-3-22-18(16(12-21)19(24)25-4-2)15-6-5-11-23-17(15)13-7-9-14(20)10-8-13/h5-11,22H,3-4H2,1-2H3/b18-16-. The Morgan fingerprint density at radius 2 is 2.00 bits per heavy atom. The molecule has 1 aromatic carbocycles. The monoisotopic (exact) mass is 355 g/mol. The van der Waals surface area contributed by atoms with Crippen molar-refractivity contribution < 1.29 is 9.53 Å². The van der Waals surface area contributed by atoms with Crippen LogP contribution in [0.25, 0.3) is 17.0 Å². The second-order valence-corrected chi connectivity index (χ2v) is 5.46. The summed E-state index contributed by atoms with van der Waals surface area (Å²) in [6.45, 7) is 4.32. The maximum atomic E-state index is 12.2. The highest BCUT2D eigenvalue weighted by Gasteiger charge is 2.21. The number of aromatic nitrogens is 1. The van der Waals surface area contributed by atoms with Crippen LogP contribution in [-0.2, 0) is 9.53 Å². The molecule has 0 saturated carbocycles. The van der Waals surface area contributed by atoms with Gasteiger partial charge >= 0.3 is 5.97 Å². The van der Waals surface area contributed by atoms with Gasteiger partial charge in [-0.25, -0.2) is 4.79 Å². The molecule has 5 nitrogen and oxygen atoms in total. The van der Waals surface area contributed by atoms with E-state index < -0.39 is 5.97 Å². The third-order valence-electron chi connectivity index (χ3n) is 3.39. The minimum absolute atomic E-state index is 0.0769. The summed E-state index contributed by atoms with van der Waals surface area (Å²) >= 11 is 5.95. The van der Waals surface area contributed by atoms with Crippen molar-refractivity contribution in [3.63, 3.8) is 0 Å². The van der Waals surface area contributed by atoms with E-state index >= 15 is 0 Å². The van der Waals surface area contributed by atoms with E-state index in [1.165, 1.54) is 0 Å². The predicted octanol–water partition coefficient (Wildman–Crippen LogP) is 3.81. The van der Waals surface area contributed by atoms with Crippen molar-refractivity contribution in [3.05, 3.63) is 58.8 Å². The van der Waals surface area contributed by atoms with Gasteiger partial charge in [0.2, 0.25) is 0 Å². The van der Waals surface area contributed by atoms with Crippen molar-refractivity contribution in [2.75, 3.05) is 13.2 Å². The summed E-state index contributed by atoms with van der Waals surface area (Å²) in [5, 5.41) is 13.2. The molecule has 1 aromatic heterocycles. The zero-order chi connectivity index (χ0) is 18.2. The SMILES string of the molecule is CCN/C(=C(/C#N)C(=O)OCC)c1cccnc1-c1ccc(Cl)cc1. The number of carbonyl (C=O) groups excluding carboxylic acids is 1. The Morgan fingerprint density at radius 3 is 2.60 bits per heavy atom. The van der Waals surface area contributed by atoms with Gasteiger partial charge in [0.25, 0.3) is 0 Å². The zero-order valence-electron chi connectivity index (χ0n) is 14.0. The number of nitrogens with zero attached hydrogens (tertiary/aromatic N) is 2. The van der Waals surface area contributed by atoms with Crippen LogP contribution in [0.2, 0.25) is 5.02 Å². The predicted molar refractivity (Wildman–Crippen MR) is 97.5 cm³/mol. The lowest BCUT2D eigenvalue weighted by molar-refractivity contribution is -0.137. The summed E-state index contributed by atoms with van der Waals surface area (Å²) in [7, 11) is 0. The van der Waals surface area contributed by atoms with Crippen LogP contribution in [0.3, 0.4) is 0 Å². The molecular formula is C19H18ClN3O2. The molecule has 1 N–H and O–H groups in total. The largest absolute Gasteiger partial charge is 0.462 e. The lowest BCUT2D eigenvalue weighted by Gasteiger charge is -2.15. The molecule has 0 aliphatic carbocycles. The number of carbonyl (C=O) groups is 1. The molecule has 0 aliphatic heterocycles. The van der Waals surface area contributed by atoms with Crippen molar-refractivity contribution in [2.24, 2.45) is 0 Å². The summed E-state index contributed by atoms with van der Waals surface area (Å²) in [4.78, 5) is 16.6. The molecule has 6 heteroatoms. The molecule has 1 heterocycles. The smallest absolute Gasteiger partial charge is 0.351 e. The van der Waals surface area contributed by atoms with Gasteiger partial charge in [-0.3, -0.25) is 4.98 Å². The average molecular weight is 356 g/mol. The fourth-order valence-electron chi connectivity index (χ4n) is 2.35. The fourth-order valence-corrected chi connectivity index (χ4v) is 2.47. The maximum absolute atomic E-state index is 12.2. The summed E-state index contributed by atoms with van der Waals surface area (Å²) in [6.07, 6.45) is 1.66. The zero-order valence-corrected chi connectivity index (χ0v) is 14.8. The molecule has 0 saturated heterocycles. The van der Waals surface area contributed by atoms with Gasteiger partial charge in [-0.05, 0) is 38.1 Å². The van der Waals surface area contributed by atoms with E-state index in [-0.39, 0.29) is 12.2 Å². The number of esters is 1. The first kappa shape index (κ1) is 18.5. The first-order chi connectivity index (χ1) is 12.1. The first-order valence-electron chi connectivity index (χ1n) is 7.89. The van der Waals surface area contributed by atoms with Crippen molar-refractivity contribution in [1.29, 1.82) is 5.26 Å². The highest BCUT2D eigenvalue weighted by Crippen LogP contribution is 2.28. The molecule has 0 aliphatic rings. The fraction of sp³-hybridized carbons (Fsp3) is 0.211. The van der Waals surface area contributed by atoms with Gasteiger partial charge in [0.1, 0.15) is 6.07 Å². The number of rotatable bonds is 6. The van der Waals surface area contributed by atoms with E-state index in [0.29, 0.717) is 28.5 Å². The van der Waals surface area contributed by atoms with E-state index in [2.05, 4.69) is 10.3 Å². The summed E-state index contributed by atoms with van der Waals surface area (Å²) in [5.74, 6) is -0.660. The first-order valence-corrected chi connectivity index (χ1v) is 8.26. The van der Waals surface area contributed by atoms with Crippen molar-refractivity contribution in [1.82, 2.24) is 10.3 Å². The van der Waals surface area contributed by atoms with Crippen LogP contribution in [0.15, 0.2) is 48.2 Å². The van der Waals surface area contributed by atoms with Crippen molar-refractivity contribution >= 4 is 23.3 Å². The highest BCUT2D eigenvalue weighted by molar-refractivity contribution is 6.30. The Morgan fingerprint density at radius 1 is 1.28 bits per heavy atom. The minimum atomic E-state index is -0.660. The quantitative estimate of drug-likeness (QED) is 0.484. The molecule has 0 unspecified atom stereocenters. The molecule has 0 spiro atoms. The third kappa shape index (κ3) is 4.37. The summed E-state index contributed by atoms with van der Waals surface area (Å²) < 4.78 is 5.01. The molecule has 0 fully saturated rings. The van der Waals surface area contributed by atoms with E-state index in [4.69, 9.17) is 16.3 Å². The number of pyridine rings is 1. The van der Waals surface area contributed by atoms with Crippen LogP contribution in [0.5, 0.6) is 0 Å². The number of ether oxygens (including phenoxy) is 1. The lowest BCUT2D eigenvalue weighted by Crippen LogP contribution is -2.19. The molecule has 2 rings (SSSR count). The Balaban J connectivity index is 2.65. The lowest BCUT2D eigenvalue weighted by atomic mass is 10.0. The molecule has 25 heavy (non-hydrogen) atoms. The second kappa shape index (κ2) is 8.86. The van der Waals surface area contributed by atoms with Crippen molar-refractivity contribution in [2.45, 2.75) is 13.8 Å². The van der Waals surface area contributed by atoms with Crippen LogP contribution in [-0.4, -0.2) is 24.1 Å². The molecule has 0 atom stereocenters. The van der Waals surface area contributed by atoms with Crippen molar-refractivity contribution in [3.8, 4) is 17.3 Å². The number of hydrogen-bond donors (Lipinski definition) is 1. The van der Waals surface area contributed by atoms with Gasteiger partial charge in [-0.2, -0.15) is 5.26 Å². The van der Waals surface area contributed by atoms with E-state index in [1.807, 2.05) is 31.2 Å². The molecule has 0 radical (unpaired) electrons. The van der Waals surface area contributed by atoms with Crippen LogP contribution >= 0.6 is 11.6 Å². The van der Waals surface area contributed by atoms with Gasteiger partial charge in [0, 0.05) is 28.9 Å². The number of hydrogen-bond acceptors (Lipinski definition) is 5. The van der Waals surface area contributed by atoms with E-state index in [9.17, 15) is 10.1 Å². The highest BCUT2D eigenvalue weighted by atomic mass is 35.5. The van der Waals surface area contributed by atoms with Gasteiger partial charge in [0.15, 0.2) is 5.57 Å². The third-order valence-corrected chi connectivity index (χ3v) is 3.64. The van der Waals surface area contributed by atoms with Gasteiger partial charge in [0.05, 0.1) is 18.0 Å². The van der Waals surface area contributed by atoms with Crippen LogP contribution < -0.4 is 5.32 Å². The van der Waals surface area contributed by atoms with Crippen LogP contribution in [0.1, 0.15) is 19.4 Å². The number of benzene rings is 1. The average Bonchev–Trinajstić information content (AvgIpc) is 2.62. The topological polar surface area (TPSA) is 75.0 Å². The van der Waals surface area contributed by atoms with Crippen LogP contribution in [0, 0.1) is 11.3 Å². The number of nitrogens with one attached hydrogen (secondary N) is 1. The Hall–Kier alpha value is -2.84. The number of halogens is 1. The second-order valence-electron chi connectivity index (χ2n) is 5.02. The Labute approximate surface area is 151 Å². The summed E-state index contributed by atoms with van der Waals surface area (Å²) in [6, 6.07) is 12.7. The normalized spacial score (nSPS) is 11.3. The molecular weight excluding hydrogens is 338 g/mol. The number of nitriles is 1. The van der Waals surface area contributed by atoms with Gasteiger partial charge < -0.3 is 10.1 Å². The molecule has 0 bridgehead atoms. The van der Waals surface area contributed by atoms with E-state index in [0.717, 1.165) is 5.56 Å². The Kier molecular flexibility index (Phi) is 6.55. The van der Waals surface area contributed by atoms with Gasteiger partial charge in [-0.15, -0.1) is 0 Å². The summed E-state index contributed by atoms with van der Waals surface area (Å²) in [5.41, 5.74) is 2.45. The molecule has 0 amide bonds. The molecule has 128 valence electrons. The van der Waals surface area contributed by atoms with Gasteiger partial charge in [-0.1, -0.05) is 23.7 Å². The Bertz CT molecular complexity index is 823. The minimum Gasteiger partial charge on any atom is -0.462 e. The molecule has 2 aromatic rings. The van der Waals surface area contributed by atoms with Crippen LogP contribution in [0.4, 0.5) is 0 Å². The maximum Gasteiger partial charge on any atom is 0.351 e. The van der Waals surface area contributed by atoms with E-state index in [1.54, 1.807) is 31.3 Å².